The standard InChI is InChI=1S/C17H28N2/c1-17(2,3)16-9-11-19(14-16)12-10-18-13-15-7-5-4-6-8-15/h4-8,16,18H,9-14H2,1-3H3. The molecule has 106 valence electrons. The van der Waals surface area contributed by atoms with Crippen LogP contribution in [0.2, 0.25) is 0 Å². The second kappa shape index (κ2) is 6.53. The summed E-state index contributed by atoms with van der Waals surface area (Å²) in [5, 5.41) is 3.54. The first-order valence-corrected chi connectivity index (χ1v) is 7.53. The Bertz CT molecular complexity index is 367. The van der Waals surface area contributed by atoms with Crippen molar-refractivity contribution in [1.29, 1.82) is 0 Å². The van der Waals surface area contributed by atoms with Crippen LogP contribution in [0.1, 0.15) is 32.8 Å². The lowest BCUT2D eigenvalue weighted by atomic mass is 9.80. The molecule has 1 aromatic carbocycles. The summed E-state index contributed by atoms with van der Waals surface area (Å²) in [5.41, 5.74) is 1.84. The van der Waals surface area contributed by atoms with Crippen molar-refractivity contribution in [2.24, 2.45) is 11.3 Å². The lowest BCUT2D eigenvalue weighted by molar-refractivity contribution is 0.229. The molecule has 0 aromatic heterocycles. The number of benzene rings is 1. The molecule has 19 heavy (non-hydrogen) atoms. The molecule has 1 fully saturated rings. The van der Waals surface area contributed by atoms with Crippen LogP contribution >= 0.6 is 0 Å². The molecule has 1 aliphatic rings. The van der Waals surface area contributed by atoms with E-state index in [1.807, 2.05) is 0 Å². The van der Waals surface area contributed by atoms with Gasteiger partial charge in [-0.1, -0.05) is 51.1 Å². The van der Waals surface area contributed by atoms with Crippen LogP contribution in [-0.2, 0) is 6.54 Å². The minimum atomic E-state index is 0.465. The molecule has 0 amide bonds. The Labute approximate surface area is 118 Å². The van der Waals surface area contributed by atoms with E-state index in [4.69, 9.17) is 0 Å². The van der Waals surface area contributed by atoms with Gasteiger partial charge in [-0.3, -0.25) is 0 Å². The Balaban J connectivity index is 1.62. The first kappa shape index (κ1) is 14.5. The molecule has 1 aliphatic heterocycles. The van der Waals surface area contributed by atoms with Crippen molar-refractivity contribution in [3.63, 3.8) is 0 Å². The Morgan fingerprint density at radius 1 is 1.21 bits per heavy atom. The monoisotopic (exact) mass is 260 g/mol. The molecule has 0 saturated carbocycles. The number of hydrogen-bond donors (Lipinski definition) is 1. The van der Waals surface area contributed by atoms with Gasteiger partial charge < -0.3 is 10.2 Å². The minimum Gasteiger partial charge on any atom is -0.311 e. The first-order valence-electron chi connectivity index (χ1n) is 7.53. The third kappa shape index (κ3) is 4.63. The number of likely N-dealkylation sites (tertiary alicyclic amines) is 1. The van der Waals surface area contributed by atoms with Gasteiger partial charge in [-0.05, 0) is 29.9 Å². The van der Waals surface area contributed by atoms with Gasteiger partial charge >= 0.3 is 0 Å². The minimum absolute atomic E-state index is 0.465. The van der Waals surface area contributed by atoms with Gasteiger partial charge in [-0.25, -0.2) is 0 Å². The van der Waals surface area contributed by atoms with Crippen LogP contribution in [0.4, 0.5) is 0 Å². The normalized spacial score (nSPS) is 20.9. The highest BCUT2D eigenvalue weighted by Crippen LogP contribution is 2.33. The summed E-state index contributed by atoms with van der Waals surface area (Å²) in [4.78, 5) is 2.61. The second-order valence-corrected chi connectivity index (χ2v) is 6.81. The smallest absolute Gasteiger partial charge is 0.0206 e. The van der Waals surface area contributed by atoms with Crippen molar-refractivity contribution < 1.29 is 0 Å². The molecule has 0 spiro atoms. The highest BCUT2D eigenvalue weighted by Gasteiger charge is 2.31. The summed E-state index contributed by atoms with van der Waals surface area (Å²) >= 11 is 0. The number of nitrogens with one attached hydrogen (secondary N) is 1. The van der Waals surface area contributed by atoms with Crippen LogP contribution in [0.3, 0.4) is 0 Å². The summed E-state index contributed by atoms with van der Waals surface area (Å²) < 4.78 is 0. The summed E-state index contributed by atoms with van der Waals surface area (Å²) in [6, 6.07) is 10.6. The average Bonchev–Trinajstić information content (AvgIpc) is 2.85. The number of hydrogen-bond acceptors (Lipinski definition) is 2. The van der Waals surface area contributed by atoms with Gasteiger partial charge in [0.05, 0.1) is 0 Å². The molecule has 1 aromatic rings. The van der Waals surface area contributed by atoms with E-state index in [-0.39, 0.29) is 0 Å². The summed E-state index contributed by atoms with van der Waals surface area (Å²) in [6.45, 7) is 12.9. The molecular formula is C17H28N2. The van der Waals surface area contributed by atoms with Crippen LogP contribution in [-0.4, -0.2) is 31.1 Å². The highest BCUT2D eigenvalue weighted by atomic mass is 15.2. The van der Waals surface area contributed by atoms with E-state index in [2.05, 4.69) is 61.3 Å². The van der Waals surface area contributed by atoms with Gasteiger partial charge in [0.1, 0.15) is 0 Å². The highest BCUT2D eigenvalue weighted by molar-refractivity contribution is 5.14. The third-order valence-corrected chi connectivity index (χ3v) is 4.27. The van der Waals surface area contributed by atoms with Crippen molar-refractivity contribution in [3.05, 3.63) is 35.9 Å². The Morgan fingerprint density at radius 3 is 2.58 bits per heavy atom. The summed E-state index contributed by atoms with van der Waals surface area (Å²) in [7, 11) is 0. The zero-order valence-corrected chi connectivity index (χ0v) is 12.7. The van der Waals surface area contributed by atoms with Crippen molar-refractivity contribution in [3.8, 4) is 0 Å². The number of rotatable bonds is 5. The van der Waals surface area contributed by atoms with Crippen molar-refractivity contribution in [2.45, 2.75) is 33.7 Å². The molecule has 1 unspecified atom stereocenters. The van der Waals surface area contributed by atoms with Crippen LogP contribution in [0, 0.1) is 11.3 Å². The van der Waals surface area contributed by atoms with E-state index in [1.54, 1.807) is 0 Å². The van der Waals surface area contributed by atoms with Gasteiger partial charge in [-0.2, -0.15) is 0 Å². The largest absolute Gasteiger partial charge is 0.311 e. The molecule has 0 radical (unpaired) electrons. The first-order chi connectivity index (χ1) is 9.05. The predicted octanol–water partition coefficient (Wildman–Crippen LogP) is 3.14. The maximum atomic E-state index is 3.54. The lowest BCUT2D eigenvalue weighted by Crippen LogP contribution is -2.32. The molecule has 1 atom stereocenters. The van der Waals surface area contributed by atoms with Crippen LogP contribution < -0.4 is 5.32 Å². The predicted molar refractivity (Wildman–Crippen MR) is 82.2 cm³/mol. The summed E-state index contributed by atoms with van der Waals surface area (Å²) in [5.74, 6) is 0.863. The SMILES string of the molecule is CC(C)(C)C1CCN(CCNCc2ccccc2)C1. The quantitative estimate of drug-likeness (QED) is 0.818. The lowest BCUT2D eigenvalue weighted by Gasteiger charge is -2.27. The topological polar surface area (TPSA) is 15.3 Å². The van der Waals surface area contributed by atoms with E-state index in [0.717, 1.165) is 19.0 Å². The van der Waals surface area contributed by atoms with E-state index >= 15 is 0 Å². The average molecular weight is 260 g/mol. The Morgan fingerprint density at radius 2 is 1.95 bits per heavy atom. The Kier molecular flexibility index (Phi) is 5.00. The van der Waals surface area contributed by atoms with Crippen LogP contribution in [0.25, 0.3) is 0 Å². The fourth-order valence-corrected chi connectivity index (χ4v) is 2.81. The van der Waals surface area contributed by atoms with Gasteiger partial charge in [-0.15, -0.1) is 0 Å². The van der Waals surface area contributed by atoms with Crippen LogP contribution in [0.15, 0.2) is 30.3 Å². The molecule has 0 aliphatic carbocycles. The molecule has 2 nitrogen and oxygen atoms in total. The molecule has 0 bridgehead atoms. The Hall–Kier alpha value is -0.860. The second-order valence-electron chi connectivity index (χ2n) is 6.81. The molecule has 1 heterocycles. The van der Waals surface area contributed by atoms with Gasteiger partial charge in [0, 0.05) is 26.2 Å². The molecule has 1 N–H and O–H groups in total. The molecule has 1 saturated heterocycles. The van der Waals surface area contributed by atoms with Gasteiger partial charge in [0.25, 0.3) is 0 Å². The molecule has 2 rings (SSSR count). The van der Waals surface area contributed by atoms with Gasteiger partial charge in [0.2, 0.25) is 0 Å². The fourth-order valence-electron chi connectivity index (χ4n) is 2.81. The zero-order chi connectivity index (χ0) is 13.7. The van der Waals surface area contributed by atoms with Crippen molar-refractivity contribution in [1.82, 2.24) is 10.2 Å². The molecular weight excluding hydrogens is 232 g/mol. The molecule has 2 heteroatoms. The maximum absolute atomic E-state index is 3.54. The zero-order valence-electron chi connectivity index (χ0n) is 12.7. The van der Waals surface area contributed by atoms with E-state index in [0.29, 0.717) is 5.41 Å². The maximum Gasteiger partial charge on any atom is 0.0206 e. The van der Waals surface area contributed by atoms with E-state index < -0.39 is 0 Å². The van der Waals surface area contributed by atoms with Crippen LogP contribution in [0.5, 0.6) is 0 Å². The van der Waals surface area contributed by atoms with E-state index in [1.165, 1.54) is 31.6 Å². The van der Waals surface area contributed by atoms with Gasteiger partial charge in [0.15, 0.2) is 0 Å². The third-order valence-electron chi connectivity index (χ3n) is 4.27. The van der Waals surface area contributed by atoms with E-state index in [9.17, 15) is 0 Å². The summed E-state index contributed by atoms with van der Waals surface area (Å²) in [6.07, 6.45) is 1.36. The number of nitrogens with zero attached hydrogens (tertiary/aromatic N) is 1. The van der Waals surface area contributed by atoms with Crippen molar-refractivity contribution in [2.75, 3.05) is 26.2 Å². The van der Waals surface area contributed by atoms with Crippen molar-refractivity contribution >= 4 is 0 Å². The fraction of sp³-hybridized carbons (Fsp3) is 0.647.